The van der Waals surface area contributed by atoms with Gasteiger partial charge in [-0.05, 0) is 12.1 Å². The molecule has 2 aromatic carbocycles. The van der Waals surface area contributed by atoms with Gasteiger partial charge < -0.3 is 20.3 Å². The smallest absolute Gasteiger partial charge is 0.340 e. The normalized spacial score (nSPS) is 10.2. The van der Waals surface area contributed by atoms with Crippen molar-refractivity contribution in [1.29, 1.82) is 0 Å². The molecule has 0 aromatic heterocycles. The van der Waals surface area contributed by atoms with E-state index in [9.17, 15) is 9.90 Å². The summed E-state index contributed by atoms with van der Waals surface area (Å²) in [7, 11) is 1.31. The summed E-state index contributed by atoms with van der Waals surface area (Å²) in [5.74, 6) is 0.0698. The highest BCUT2D eigenvalue weighted by Gasteiger charge is 2.16. The monoisotopic (exact) mass is 287 g/mol. The first-order chi connectivity index (χ1) is 10.2. The van der Waals surface area contributed by atoms with Crippen molar-refractivity contribution in [3.05, 3.63) is 59.2 Å². The molecule has 0 aliphatic heterocycles. The van der Waals surface area contributed by atoms with Gasteiger partial charge in [-0.15, -0.1) is 0 Å². The molecule has 21 heavy (non-hydrogen) atoms. The highest BCUT2D eigenvalue weighted by atomic mass is 16.5. The zero-order valence-corrected chi connectivity index (χ0v) is 11.7. The first-order valence-corrected chi connectivity index (χ1v) is 6.44. The van der Waals surface area contributed by atoms with Crippen LogP contribution in [0.1, 0.15) is 21.5 Å². The fourth-order valence-corrected chi connectivity index (χ4v) is 2.02. The molecule has 0 fully saturated rings. The molecule has 2 rings (SSSR count). The quantitative estimate of drug-likeness (QED) is 0.650. The third-order valence-electron chi connectivity index (χ3n) is 3.10. The summed E-state index contributed by atoms with van der Waals surface area (Å²) in [6.45, 7) is 0.0451. The minimum atomic E-state index is -0.498. The highest BCUT2D eigenvalue weighted by molar-refractivity contribution is 5.96. The Kier molecular flexibility index (Phi) is 4.79. The Balaban J connectivity index is 2.24. The molecule has 0 amide bonds. The Bertz CT molecular complexity index is 640. The Hall–Kier alpha value is -2.53. The number of para-hydroxylation sites is 1. The number of aliphatic hydroxyl groups excluding tert-OH is 1. The summed E-state index contributed by atoms with van der Waals surface area (Å²) in [5.41, 5.74) is 7.79. The number of nitrogen functional groups attached to an aromatic ring is 1. The van der Waals surface area contributed by atoms with Crippen LogP contribution in [0.15, 0.2) is 42.5 Å². The Labute approximate surface area is 122 Å². The third-order valence-corrected chi connectivity index (χ3v) is 3.10. The second-order valence-electron chi connectivity index (χ2n) is 4.43. The zero-order chi connectivity index (χ0) is 15.2. The lowest BCUT2D eigenvalue weighted by molar-refractivity contribution is 0.0599. The van der Waals surface area contributed by atoms with E-state index < -0.39 is 5.97 Å². The van der Waals surface area contributed by atoms with E-state index in [-0.39, 0.29) is 13.2 Å². The number of aliphatic hydroxyl groups is 1. The molecule has 5 nitrogen and oxygen atoms in total. The number of ether oxygens (including phenoxy) is 2. The van der Waals surface area contributed by atoms with E-state index in [0.717, 1.165) is 0 Å². The van der Waals surface area contributed by atoms with E-state index >= 15 is 0 Å². The number of hydrogen-bond donors (Lipinski definition) is 2. The van der Waals surface area contributed by atoms with E-state index in [1.54, 1.807) is 30.3 Å². The molecule has 2 aromatic rings. The fraction of sp³-hybridized carbons (Fsp3) is 0.188. The summed E-state index contributed by atoms with van der Waals surface area (Å²) < 4.78 is 10.4. The number of methoxy groups -OCH3 is 1. The molecule has 0 saturated heterocycles. The summed E-state index contributed by atoms with van der Waals surface area (Å²) in [4.78, 5) is 11.8. The van der Waals surface area contributed by atoms with E-state index in [2.05, 4.69) is 0 Å². The first-order valence-electron chi connectivity index (χ1n) is 6.44. The maximum atomic E-state index is 11.8. The molecule has 110 valence electrons. The third kappa shape index (κ3) is 3.32. The molecule has 0 aliphatic rings. The van der Waals surface area contributed by atoms with Crippen LogP contribution in [0.25, 0.3) is 0 Å². The predicted molar refractivity (Wildman–Crippen MR) is 78.9 cm³/mol. The molecule has 5 heteroatoms. The van der Waals surface area contributed by atoms with Crippen molar-refractivity contribution < 1.29 is 19.4 Å². The minimum absolute atomic E-state index is 0.114. The molecule has 0 bridgehead atoms. The van der Waals surface area contributed by atoms with Crippen LogP contribution in [0.4, 0.5) is 5.69 Å². The molecule has 0 heterocycles. The van der Waals surface area contributed by atoms with Crippen molar-refractivity contribution in [3.8, 4) is 5.75 Å². The van der Waals surface area contributed by atoms with Crippen LogP contribution in [-0.4, -0.2) is 18.2 Å². The van der Waals surface area contributed by atoms with Gasteiger partial charge in [-0.1, -0.05) is 30.3 Å². The number of benzene rings is 2. The van der Waals surface area contributed by atoms with Crippen LogP contribution in [-0.2, 0) is 18.0 Å². The number of carbonyl (C=O) groups excluding carboxylic acids is 1. The predicted octanol–water partition coefficient (Wildman–Crippen LogP) is 2.13. The van der Waals surface area contributed by atoms with Crippen molar-refractivity contribution >= 4 is 11.7 Å². The zero-order valence-electron chi connectivity index (χ0n) is 11.7. The van der Waals surface area contributed by atoms with Gasteiger partial charge >= 0.3 is 5.97 Å². The average Bonchev–Trinajstić information content (AvgIpc) is 2.52. The maximum Gasteiger partial charge on any atom is 0.340 e. The van der Waals surface area contributed by atoms with Gasteiger partial charge in [0.15, 0.2) is 0 Å². The van der Waals surface area contributed by atoms with Crippen LogP contribution in [0, 0.1) is 0 Å². The maximum absolute atomic E-state index is 11.8. The van der Waals surface area contributed by atoms with Gasteiger partial charge in [0.05, 0.1) is 19.3 Å². The second-order valence-corrected chi connectivity index (χ2v) is 4.43. The number of hydrogen-bond acceptors (Lipinski definition) is 5. The Morgan fingerprint density at radius 2 is 1.86 bits per heavy atom. The van der Waals surface area contributed by atoms with Crippen LogP contribution < -0.4 is 10.5 Å². The molecule has 0 saturated carbocycles. The largest absolute Gasteiger partial charge is 0.489 e. The summed E-state index contributed by atoms with van der Waals surface area (Å²) >= 11 is 0. The molecular formula is C16H17NO4. The Morgan fingerprint density at radius 1 is 1.14 bits per heavy atom. The van der Waals surface area contributed by atoms with Crippen molar-refractivity contribution in [1.82, 2.24) is 0 Å². The summed E-state index contributed by atoms with van der Waals surface area (Å²) in [6.07, 6.45) is 0. The van der Waals surface area contributed by atoms with Crippen molar-refractivity contribution in [2.75, 3.05) is 12.8 Å². The molecular weight excluding hydrogens is 270 g/mol. The number of anilines is 1. The highest BCUT2D eigenvalue weighted by Crippen LogP contribution is 2.23. The second kappa shape index (κ2) is 6.76. The van der Waals surface area contributed by atoms with Crippen molar-refractivity contribution in [2.24, 2.45) is 0 Å². The SMILES string of the molecule is COC(=O)c1c(N)cccc1COc1ccccc1CO. The van der Waals surface area contributed by atoms with E-state index in [1.165, 1.54) is 7.11 Å². The van der Waals surface area contributed by atoms with Gasteiger partial charge in [-0.25, -0.2) is 4.79 Å². The van der Waals surface area contributed by atoms with Gasteiger partial charge in [-0.3, -0.25) is 0 Å². The van der Waals surface area contributed by atoms with Crippen molar-refractivity contribution in [3.63, 3.8) is 0 Å². The molecule has 0 unspecified atom stereocenters. The van der Waals surface area contributed by atoms with E-state index in [4.69, 9.17) is 15.2 Å². The van der Waals surface area contributed by atoms with Crippen LogP contribution >= 0.6 is 0 Å². The molecule has 0 atom stereocenters. The standard InChI is InChI=1S/C16H17NO4/c1-20-16(19)15-12(6-4-7-13(15)17)10-21-14-8-3-2-5-11(14)9-18/h2-8,18H,9-10,17H2,1H3. The molecule has 0 spiro atoms. The molecule has 3 N–H and O–H groups in total. The van der Waals surface area contributed by atoms with Gasteiger partial charge in [-0.2, -0.15) is 0 Å². The Morgan fingerprint density at radius 3 is 2.57 bits per heavy atom. The first kappa shape index (κ1) is 14.9. The van der Waals surface area contributed by atoms with Crippen molar-refractivity contribution in [2.45, 2.75) is 13.2 Å². The average molecular weight is 287 g/mol. The lowest BCUT2D eigenvalue weighted by Crippen LogP contribution is -2.11. The minimum Gasteiger partial charge on any atom is -0.489 e. The summed E-state index contributed by atoms with van der Waals surface area (Å²) in [6, 6.07) is 12.3. The lowest BCUT2D eigenvalue weighted by atomic mass is 10.1. The number of rotatable bonds is 5. The number of nitrogens with two attached hydrogens (primary N) is 1. The van der Waals surface area contributed by atoms with Gasteiger partial charge in [0.25, 0.3) is 0 Å². The number of carbonyl (C=O) groups is 1. The topological polar surface area (TPSA) is 81.8 Å². The summed E-state index contributed by atoms with van der Waals surface area (Å²) in [5, 5.41) is 9.27. The lowest BCUT2D eigenvalue weighted by Gasteiger charge is -2.13. The van der Waals surface area contributed by atoms with Gasteiger partial charge in [0, 0.05) is 16.8 Å². The van der Waals surface area contributed by atoms with E-state index in [1.807, 2.05) is 12.1 Å². The molecule has 0 aliphatic carbocycles. The fourth-order valence-electron chi connectivity index (χ4n) is 2.02. The van der Waals surface area contributed by atoms with Crippen LogP contribution in [0.3, 0.4) is 0 Å². The molecule has 0 radical (unpaired) electrons. The number of esters is 1. The van der Waals surface area contributed by atoms with E-state index in [0.29, 0.717) is 28.1 Å². The van der Waals surface area contributed by atoms with Crippen LogP contribution in [0.2, 0.25) is 0 Å². The van der Waals surface area contributed by atoms with Gasteiger partial charge in [0.2, 0.25) is 0 Å². The van der Waals surface area contributed by atoms with Gasteiger partial charge in [0.1, 0.15) is 12.4 Å². The van der Waals surface area contributed by atoms with Crippen LogP contribution in [0.5, 0.6) is 5.75 Å².